The molecule has 1 rings (SSSR count). The van der Waals surface area contributed by atoms with Gasteiger partial charge in [-0.15, -0.1) is 0 Å². The van der Waals surface area contributed by atoms with Gasteiger partial charge in [-0.25, -0.2) is 4.79 Å². The van der Waals surface area contributed by atoms with Gasteiger partial charge < -0.3 is 16.2 Å². The Kier molecular flexibility index (Phi) is 4.87. The SMILES string of the molecule is CC(NC(=O)N(CC(=O)O)c1ccccc1)C(N)=O. The number of primary amides is 1. The first kappa shape index (κ1) is 14.5. The van der Waals surface area contributed by atoms with Gasteiger partial charge in [-0.3, -0.25) is 14.5 Å². The van der Waals surface area contributed by atoms with Crippen LogP contribution in [0.25, 0.3) is 0 Å². The number of nitrogens with zero attached hydrogens (tertiary/aromatic N) is 1. The minimum absolute atomic E-state index is 0.416. The third-order valence-electron chi connectivity index (χ3n) is 2.37. The van der Waals surface area contributed by atoms with Crippen molar-refractivity contribution in [2.75, 3.05) is 11.4 Å². The summed E-state index contributed by atoms with van der Waals surface area (Å²) in [6, 6.07) is 6.71. The van der Waals surface area contributed by atoms with Crippen LogP contribution >= 0.6 is 0 Å². The number of hydrogen-bond acceptors (Lipinski definition) is 3. The standard InChI is InChI=1S/C12H15N3O4/c1-8(11(13)18)14-12(19)15(7-10(16)17)9-5-3-2-4-6-9/h2-6,8H,7H2,1H3,(H2,13,18)(H,14,19)(H,16,17). The van der Waals surface area contributed by atoms with E-state index in [9.17, 15) is 14.4 Å². The number of hydrogen-bond donors (Lipinski definition) is 3. The maximum Gasteiger partial charge on any atom is 0.323 e. The van der Waals surface area contributed by atoms with Gasteiger partial charge in [0.1, 0.15) is 12.6 Å². The largest absolute Gasteiger partial charge is 0.480 e. The minimum Gasteiger partial charge on any atom is -0.480 e. The van der Waals surface area contributed by atoms with Crippen LogP contribution in [0.1, 0.15) is 6.92 Å². The highest BCUT2D eigenvalue weighted by atomic mass is 16.4. The summed E-state index contributed by atoms with van der Waals surface area (Å²) < 4.78 is 0. The van der Waals surface area contributed by atoms with Crippen molar-refractivity contribution in [3.8, 4) is 0 Å². The number of benzene rings is 1. The molecule has 4 N–H and O–H groups in total. The number of anilines is 1. The summed E-state index contributed by atoms with van der Waals surface area (Å²) in [5.41, 5.74) is 5.45. The highest BCUT2D eigenvalue weighted by Crippen LogP contribution is 2.13. The van der Waals surface area contributed by atoms with Gasteiger partial charge in [0.15, 0.2) is 0 Å². The molecule has 1 unspecified atom stereocenters. The highest BCUT2D eigenvalue weighted by Gasteiger charge is 2.21. The molecule has 0 aromatic heterocycles. The predicted molar refractivity (Wildman–Crippen MR) is 68.6 cm³/mol. The van der Waals surface area contributed by atoms with E-state index < -0.39 is 30.5 Å². The van der Waals surface area contributed by atoms with E-state index in [0.717, 1.165) is 4.90 Å². The lowest BCUT2D eigenvalue weighted by atomic mass is 10.3. The monoisotopic (exact) mass is 265 g/mol. The molecule has 0 saturated carbocycles. The number of amides is 3. The second-order valence-electron chi connectivity index (χ2n) is 3.89. The molecule has 0 heterocycles. The van der Waals surface area contributed by atoms with Gasteiger partial charge >= 0.3 is 12.0 Å². The average Bonchev–Trinajstić information content (AvgIpc) is 2.36. The van der Waals surface area contributed by atoms with Crippen LogP contribution in [-0.4, -0.2) is 35.6 Å². The highest BCUT2D eigenvalue weighted by molar-refractivity contribution is 5.98. The predicted octanol–water partition coefficient (Wildman–Crippen LogP) is 0.161. The van der Waals surface area contributed by atoms with E-state index in [1.54, 1.807) is 30.3 Å². The molecule has 102 valence electrons. The zero-order valence-electron chi connectivity index (χ0n) is 10.4. The van der Waals surface area contributed by atoms with Gasteiger partial charge in [-0.1, -0.05) is 18.2 Å². The number of carboxylic acid groups (broad SMARTS) is 1. The molecule has 0 radical (unpaired) electrons. The Morgan fingerprint density at radius 1 is 1.32 bits per heavy atom. The maximum atomic E-state index is 11.9. The lowest BCUT2D eigenvalue weighted by Crippen LogP contribution is -2.50. The number of nitrogens with one attached hydrogen (secondary N) is 1. The van der Waals surface area contributed by atoms with Crippen molar-refractivity contribution in [1.82, 2.24) is 5.32 Å². The summed E-state index contributed by atoms with van der Waals surface area (Å²) in [6.45, 7) is 0.908. The van der Waals surface area contributed by atoms with Crippen molar-refractivity contribution in [2.24, 2.45) is 5.73 Å². The first-order valence-corrected chi connectivity index (χ1v) is 5.56. The smallest absolute Gasteiger partial charge is 0.323 e. The van der Waals surface area contributed by atoms with E-state index in [0.29, 0.717) is 5.69 Å². The van der Waals surface area contributed by atoms with Crippen molar-refractivity contribution in [1.29, 1.82) is 0 Å². The van der Waals surface area contributed by atoms with Crippen LogP contribution in [-0.2, 0) is 9.59 Å². The fraction of sp³-hybridized carbons (Fsp3) is 0.250. The second-order valence-corrected chi connectivity index (χ2v) is 3.89. The number of rotatable bonds is 5. The molecule has 0 spiro atoms. The summed E-state index contributed by atoms with van der Waals surface area (Å²) in [5, 5.41) is 11.2. The van der Waals surface area contributed by atoms with Gasteiger partial charge in [0.25, 0.3) is 0 Å². The summed E-state index contributed by atoms with van der Waals surface area (Å²) in [5.74, 6) is -1.86. The molecular weight excluding hydrogens is 250 g/mol. The van der Waals surface area contributed by atoms with Gasteiger partial charge in [0.2, 0.25) is 5.91 Å². The van der Waals surface area contributed by atoms with Crippen LogP contribution in [0.2, 0.25) is 0 Å². The third-order valence-corrected chi connectivity index (χ3v) is 2.37. The Bertz CT molecular complexity index is 475. The summed E-state index contributed by atoms with van der Waals surface area (Å²) in [7, 11) is 0. The van der Waals surface area contributed by atoms with E-state index in [1.165, 1.54) is 6.92 Å². The van der Waals surface area contributed by atoms with Crippen LogP contribution in [0.4, 0.5) is 10.5 Å². The summed E-state index contributed by atoms with van der Waals surface area (Å²) in [6.07, 6.45) is 0. The zero-order valence-corrected chi connectivity index (χ0v) is 10.4. The van der Waals surface area contributed by atoms with E-state index in [1.807, 2.05) is 0 Å². The Hall–Kier alpha value is -2.57. The lowest BCUT2D eigenvalue weighted by Gasteiger charge is -2.22. The number of nitrogens with two attached hydrogens (primary N) is 1. The molecule has 0 aliphatic heterocycles. The molecule has 1 atom stereocenters. The number of urea groups is 1. The van der Waals surface area contributed by atoms with Gasteiger partial charge in [0.05, 0.1) is 0 Å². The number of para-hydroxylation sites is 1. The molecule has 7 heteroatoms. The Balaban J connectivity index is 2.89. The topological polar surface area (TPSA) is 113 Å². The van der Waals surface area contributed by atoms with Gasteiger partial charge in [0, 0.05) is 5.69 Å². The molecule has 1 aromatic rings. The molecule has 0 aliphatic carbocycles. The quantitative estimate of drug-likeness (QED) is 0.703. The van der Waals surface area contributed by atoms with Crippen molar-refractivity contribution in [2.45, 2.75) is 13.0 Å². The van der Waals surface area contributed by atoms with Crippen LogP contribution < -0.4 is 16.0 Å². The van der Waals surface area contributed by atoms with Crippen LogP contribution in [0.15, 0.2) is 30.3 Å². The summed E-state index contributed by atoms with van der Waals surface area (Å²) in [4.78, 5) is 34.6. The Labute approximate surface area is 110 Å². The average molecular weight is 265 g/mol. The zero-order chi connectivity index (χ0) is 14.4. The van der Waals surface area contributed by atoms with Gasteiger partial charge in [-0.05, 0) is 19.1 Å². The van der Waals surface area contributed by atoms with Crippen LogP contribution in [0, 0.1) is 0 Å². The van der Waals surface area contributed by atoms with Crippen molar-refractivity contribution in [3.05, 3.63) is 30.3 Å². The first-order chi connectivity index (χ1) is 8.91. The molecule has 0 bridgehead atoms. The minimum atomic E-state index is -1.16. The number of carbonyl (C=O) groups is 3. The van der Waals surface area contributed by atoms with Crippen molar-refractivity contribution >= 4 is 23.6 Å². The second kappa shape index (κ2) is 6.39. The molecule has 3 amide bonds. The molecule has 0 aliphatic rings. The Morgan fingerprint density at radius 3 is 2.37 bits per heavy atom. The number of carbonyl (C=O) groups excluding carboxylic acids is 2. The van der Waals surface area contributed by atoms with Gasteiger partial charge in [-0.2, -0.15) is 0 Å². The normalized spacial score (nSPS) is 11.4. The first-order valence-electron chi connectivity index (χ1n) is 5.56. The van der Waals surface area contributed by atoms with Crippen LogP contribution in [0.5, 0.6) is 0 Å². The van der Waals surface area contributed by atoms with E-state index in [2.05, 4.69) is 5.32 Å². The maximum absolute atomic E-state index is 11.9. The van der Waals surface area contributed by atoms with Crippen molar-refractivity contribution in [3.63, 3.8) is 0 Å². The molecule has 7 nitrogen and oxygen atoms in total. The van der Waals surface area contributed by atoms with Crippen molar-refractivity contribution < 1.29 is 19.5 Å². The van der Waals surface area contributed by atoms with E-state index >= 15 is 0 Å². The van der Waals surface area contributed by atoms with E-state index in [4.69, 9.17) is 10.8 Å². The number of carboxylic acids is 1. The molecular formula is C12H15N3O4. The number of aliphatic carboxylic acids is 1. The molecule has 0 saturated heterocycles. The molecule has 1 aromatic carbocycles. The molecule has 0 fully saturated rings. The lowest BCUT2D eigenvalue weighted by molar-refractivity contribution is -0.135. The van der Waals surface area contributed by atoms with E-state index in [-0.39, 0.29) is 0 Å². The third kappa shape index (κ3) is 4.30. The molecule has 19 heavy (non-hydrogen) atoms. The summed E-state index contributed by atoms with van der Waals surface area (Å²) >= 11 is 0. The fourth-order valence-corrected chi connectivity index (χ4v) is 1.36. The fourth-order valence-electron chi connectivity index (χ4n) is 1.36. The Morgan fingerprint density at radius 2 is 1.89 bits per heavy atom. The van der Waals surface area contributed by atoms with Crippen LogP contribution in [0.3, 0.4) is 0 Å².